The number of esters is 1. The smallest absolute Gasteiger partial charge is 0.340 e. The second-order valence-corrected chi connectivity index (χ2v) is 4.98. The molecule has 1 aliphatic heterocycles. The van der Waals surface area contributed by atoms with E-state index in [1.54, 1.807) is 25.3 Å². The molecular weight excluding hydrogens is 270 g/mol. The van der Waals surface area contributed by atoms with Gasteiger partial charge in [-0.3, -0.25) is 4.98 Å². The fraction of sp³-hybridized carbons (Fsp3) is 0.625. The minimum absolute atomic E-state index is 0.181. The first-order chi connectivity index (χ1) is 10.3. The first-order valence-corrected chi connectivity index (χ1v) is 7.59. The Balaban J connectivity index is 2.28. The van der Waals surface area contributed by atoms with E-state index in [0.29, 0.717) is 30.4 Å². The molecule has 0 spiro atoms. The zero-order valence-corrected chi connectivity index (χ0v) is 12.7. The van der Waals surface area contributed by atoms with E-state index in [9.17, 15) is 4.79 Å². The van der Waals surface area contributed by atoms with Crippen LogP contribution in [0.3, 0.4) is 0 Å². The molecule has 1 saturated heterocycles. The summed E-state index contributed by atoms with van der Waals surface area (Å²) < 4.78 is 16.4. The number of hydrogen-bond donors (Lipinski definition) is 0. The van der Waals surface area contributed by atoms with Gasteiger partial charge in [0, 0.05) is 26.0 Å². The number of rotatable bonds is 6. The maximum atomic E-state index is 12.1. The van der Waals surface area contributed by atoms with Gasteiger partial charge in [-0.15, -0.1) is 0 Å². The van der Waals surface area contributed by atoms with Gasteiger partial charge in [-0.1, -0.05) is 0 Å². The molecule has 116 valence electrons. The Hall–Kier alpha value is -1.46. The lowest BCUT2D eigenvalue weighted by atomic mass is 9.90. The lowest BCUT2D eigenvalue weighted by Crippen LogP contribution is -2.26. The van der Waals surface area contributed by atoms with Crippen LogP contribution < -0.4 is 0 Å². The van der Waals surface area contributed by atoms with Crippen LogP contribution >= 0.6 is 0 Å². The summed E-state index contributed by atoms with van der Waals surface area (Å²) in [6.45, 7) is 6.15. The molecule has 21 heavy (non-hydrogen) atoms. The Labute approximate surface area is 125 Å². The highest BCUT2D eigenvalue weighted by atomic mass is 16.5. The summed E-state index contributed by atoms with van der Waals surface area (Å²) in [7, 11) is 0. The van der Waals surface area contributed by atoms with Crippen LogP contribution in [0.5, 0.6) is 0 Å². The Morgan fingerprint density at radius 1 is 1.38 bits per heavy atom. The number of pyridine rings is 1. The van der Waals surface area contributed by atoms with Gasteiger partial charge in [-0.2, -0.15) is 0 Å². The van der Waals surface area contributed by atoms with Gasteiger partial charge < -0.3 is 14.2 Å². The summed E-state index contributed by atoms with van der Waals surface area (Å²) in [5.41, 5.74) is 1.19. The Morgan fingerprint density at radius 2 is 2.14 bits per heavy atom. The summed E-state index contributed by atoms with van der Waals surface area (Å²) in [5, 5.41) is 0. The molecule has 1 aromatic rings. The van der Waals surface area contributed by atoms with E-state index in [2.05, 4.69) is 4.98 Å². The standard InChI is InChI=1S/C16H23NO4/c1-3-20-15(12-7-10-19-11-8-12)14-13(6-5-9-17-14)16(18)21-4-2/h5-6,9,12,15H,3-4,7-8,10-11H2,1-2H3. The molecule has 5 nitrogen and oxygen atoms in total. The number of carbonyl (C=O) groups excluding carboxylic acids is 1. The van der Waals surface area contributed by atoms with Gasteiger partial charge in [0.1, 0.15) is 6.10 Å². The maximum Gasteiger partial charge on any atom is 0.340 e. The summed E-state index contributed by atoms with van der Waals surface area (Å²) in [6, 6.07) is 3.51. The highest BCUT2D eigenvalue weighted by molar-refractivity contribution is 5.90. The molecule has 1 fully saturated rings. The predicted molar refractivity (Wildman–Crippen MR) is 78.1 cm³/mol. The molecule has 0 radical (unpaired) electrons. The van der Waals surface area contributed by atoms with E-state index in [0.717, 1.165) is 26.1 Å². The third kappa shape index (κ3) is 4.02. The van der Waals surface area contributed by atoms with Crippen LogP contribution in [0.1, 0.15) is 48.8 Å². The third-order valence-electron chi connectivity index (χ3n) is 3.64. The van der Waals surface area contributed by atoms with Crippen LogP contribution in [0, 0.1) is 5.92 Å². The van der Waals surface area contributed by atoms with Gasteiger partial charge in [0.05, 0.1) is 17.9 Å². The Bertz CT molecular complexity index is 457. The first kappa shape index (κ1) is 15.9. The molecule has 0 aromatic carbocycles. The van der Waals surface area contributed by atoms with Crippen LogP contribution in [-0.4, -0.2) is 37.4 Å². The normalized spacial score (nSPS) is 17.4. The molecule has 0 amide bonds. The van der Waals surface area contributed by atoms with Gasteiger partial charge in [0.2, 0.25) is 0 Å². The average Bonchev–Trinajstić information content (AvgIpc) is 2.54. The molecule has 0 saturated carbocycles. The second-order valence-electron chi connectivity index (χ2n) is 4.98. The number of carbonyl (C=O) groups is 1. The summed E-state index contributed by atoms with van der Waals surface area (Å²) >= 11 is 0. The maximum absolute atomic E-state index is 12.1. The van der Waals surface area contributed by atoms with Crippen LogP contribution in [0.15, 0.2) is 18.3 Å². The largest absolute Gasteiger partial charge is 0.462 e. The first-order valence-electron chi connectivity index (χ1n) is 7.59. The van der Waals surface area contributed by atoms with E-state index in [4.69, 9.17) is 14.2 Å². The van der Waals surface area contributed by atoms with Crippen molar-refractivity contribution >= 4 is 5.97 Å². The fourth-order valence-corrected chi connectivity index (χ4v) is 2.66. The van der Waals surface area contributed by atoms with Crippen molar-refractivity contribution in [2.45, 2.75) is 32.8 Å². The van der Waals surface area contributed by atoms with Crippen molar-refractivity contribution in [3.05, 3.63) is 29.6 Å². The predicted octanol–water partition coefficient (Wildman–Crippen LogP) is 2.76. The molecule has 1 aromatic heterocycles. The van der Waals surface area contributed by atoms with Gasteiger partial charge in [-0.05, 0) is 44.7 Å². The van der Waals surface area contributed by atoms with Crippen LogP contribution in [0.4, 0.5) is 0 Å². The van der Waals surface area contributed by atoms with E-state index >= 15 is 0 Å². The van der Waals surface area contributed by atoms with Crippen LogP contribution in [0.25, 0.3) is 0 Å². The van der Waals surface area contributed by atoms with Crippen molar-refractivity contribution in [1.82, 2.24) is 4.98 Å². The van der Waals surface area contributed by atoms with Crippen LogP contribution in [0.2, 0.25) is 0 Å². The van der Waals surface area contributed by atoms with Crippen molar-refractivity contribution in [1.29, 1.82) is 0 Å². The minimum atomic E-state index is -0.336. The van der Waals surface area contributed by atoms with E-state index in [1.165, 1.54) is 0 Å². The number of aromatic nitrogens is 1. The van der Waals surface area contributed by atoms with E-state index in [-0.39, 0.29) is 12.1 Å². The molecule has 5 heteroatoms. The van der Waals surface area contributed by atoms with Crippen molar-refractivity contribution in [3.8, 4) is 0 Å². The zero-order chi connectivity index (χ0) is 15.1. The van der Waals surface area contributed by atoms with E-state index in [1.807, 2.05) is 6.92 Å². The van der Waals surface area contributed by atoms with Gasteiger partial charge >= 0.3 is 5.97 Å². The number of hydrogen-bond acceptors (Lipinski definition) is 5. The minimum Gasteiger partial charge on any atom is -0.462 e. The van der Waals surface area contributed by atoms with Gasteiger partial charge in [-0.25, -0.2) is 4.79 Å². The second kappa shape index (κ2) is 8.10. The molecule has 1 unspecified atom stereocenters. The fourth-order valence-electron chi connectivity index (χ4n) is 2.66. The highest BCUT2D eigenvalue weighted by Crippen LogP contribution is 2.33. The topological polar surface area (TPSA) is 57.7 Å². The highest BCUT2D eigenvalue weighted by Gasteiger charge is 2.30. The van der Waals surface area contributed by atoms with Crippen LogP contribution in [-0.2, 0) is 14.2 Å². The van der Waals surface area contributed by atoms with E-state index < -0.39 is 0 Å². The molecule has 2 heterocycles. The molecular formula is C16H23NO4. The SMILES string of the molecule is CCOC(=O)c1cccnc1C(OCC)C1CCOCC1. The lowest BCUT2D eigenvalue weighted by Gasteiger charge is -2.30. The quantitative estimate of drug-likeness (QED) is 0.755. The number of ether oxygens (including phenoxy) is 3. The molecule has 0 aliphatic carbocycles. The molecule has 0 N–H and O–H groups in total. The van der Waals surface area contributed by atoms with Crippen molar-refractivity contribution < 1.29 is 19.0 Å². The van der Waals surface area contributed by atoms with Gasteiger partial charge in [0.15, 0.2) is 0 Å². The zero-order valence-electron chi connectivity index (χ0n) is 12.7. The van der Waals surface area contributed by atoms with Crippen molar-refractivity contribution in [3.63, 3.8) is 0 Å². The lowest BCUT2D eigenvalue weighted by molar-refractivity contribution is -0.0339. The van der Waals surface area contributed by atoms with Crippen molar-refractivity contribution in [2.75, 3.05) is 26.4 Å². The monoisotopic (exact) mass is 293 g/mol. The molecule has 1 aliphatic rings. The summed E-state index contributed by atoms with van der Waals surface area (Å²) in [4.78, 5) is 16.5. The van der Waals surface area contributed by atoms with Crippen molar-refractivity contribution in [2.24, 2.45) is 5.92 Å². The molecule has 0 bridgehead atoms. The summed E-state index contributed by atoms with van der Waals surface area (Å²) in [5.74, 6) is -0.0147. The van der Waals surface area contributed by atoms with Gasteiger partial charge in [0.25, 0.3) is 0 Å². The molecule has 2 rings (SSSR count). The Kier molecular flexibility index (Phi) is 6.14. The third-order valence-corrected chi connectivity index (χ3v) is 3.64. The average molecular weight is 293 g/mol. The Morgan fingerprint density at radius 3 is 2.81 bits per heavy atom. The molecule has 1 atom stereocenters. The summed E-state index contributed by atoms with van der Waals surface area (Å²) in [6.07, 6.45) is 3.36. The number of nitrogens with zero attached hydrogens (tertiary/aromatic N) is 1.